The zero-order chi connectivity index (χ0) is 18.7. The summed E-state index contributed by atoms with van der Waals surface area (Å²) < 4.78 is 59.6. The van der Waals surface area contributed by atoms with Crippen LogP contribution in [0.5, 0.6) is 5.75 Å². The quantitative estimate of drug-likeness (QED) is 0.530. The van der Waals surface area contributed by atoms with Crippen LogP contribution in [0.4, 0.5) is 17.6 Å². The van der Waals surface area contributed by atoms with Crippen molar-refractivity contribution in [2.75, 3.05) is 7.11 Å². The van der Waals surface area contributed by atoms with Crippen LogP contribution in [0.3, 0.4) is 0 Å². The van der Waals surface area contributed by atoms with Crippen LogP contribution in [-0.4, -0.2) is 7.11 Å². The summed E-state index contributed by atoms with van der Waals surface area (Å²) in [5, 5.41) is 0. The molecule has 26 heavy (non-hydrogen) atoms. The lowest BCUT2D eigenvalue weighted by molar-refractivity contribution is 0.372. The zero-order valence-electron chi connectivity index (χ0n) is 14.0. The van der Waals surface area contributed by atoms with Crippen LogP contribution in [0.15, 0.2) is 54.6 Å². The van der Waals surface area contributed by atoms with Gasteiger partial charge in [0, 0.05) is 5.56 Å². The summed E-state index contributed by atoms with van der Waals surface area (Å²) in [5.74, 6) is -3.86. The highest BCUT2D eigenvalue weighted by Crippen LogP contribution is 2.30. The van der Waals surface area contributed by atoms with Crippen LogP contribution in [0.2, 0.25) is 0 Å². The molecule has 0 unspecified atom stereocenters. The SMILES string of the molecule is COc1ccc(-c2ccc(CCc3cccc(F)c3F)cc2)c(F)c1F. The van der Waals surface area contributed by atoms with Gasteiger partial charge in [0.05, 0.1) is 7.11 Å². The van der Waals surface area contributed by atoms with Gasteiger partial charge in [0.2, 0.25) is 5.82 Å². The molecule has 0 amide bonds. The Hall–Kier alpha value is -2.82. The first-order valence-electron chi connectivity index (χ1n) is 8.05. The average Bonchev–Trinajstić information content (AvgIpc) is 2.66. The number of ether oxygens (including phenoxy) is 1. The maximum atomic E-state index is 14.2. The van der Waals surface area contributed by atoms with Gasteiger partial charge in [0.25, 0.3) is 0 Å². The Labute approximate surface area is 148 Å². The summed E-state index contributed by atoms with van der Waals surface area (Å²) >= 11 is 0. The van der Waals surface area contributed by atoms with Crippen LogP contribution in [0.1, 0.15) is 11.1 Å². The molecule has 0 radical (unpaired) electrons. The average molecular weight is 360 g/mol. The Bertz CT molecular complexity index is 920. The van der Waals surface area contributed by atoms with Gasteiger partial charge in [-0.25, -0.2) is 13.2 Å². The largest absolute Gasteiger partial charge is 0.494 e. The fourth-order valence-electron chi connectivity index (χ4n) is 2.78. The zero-order valence-corrected chi connectivity index (χ0v) is 14.0. The van der Waals surface area contributed by atoms with Crippen LogP contribution in [0.25, 0.3) is 11.1 Å². The van der Waals surface area contributed by atoms with E-state index >= 15 is 0 Å². The third-order valence-electron chi connectivity index (χ3n) is 4.25. The molecule has 0 aliphatic heterocycles. The first-order chi connectivity index (χ1) is 12.5. The molecule has 5 heteroatoms. The minimum Gasteiger partial charge on any atom is -0.494 e. The van der Waals surface area contributed by atoms with E-state index in [2.05, 4.69) is 0 Å². The summed E-state index contributed by atoms with van der Waals surface area (Å²) in [4.78, 5) is 0. The number of benzene rings is 3. The van der Waals surface area contributed by atoms with E-state index in [0.717, 1.165) is 11.6 Å². The van der Waals surface area contributed by atoms with Crippen molar-refractivity contribution in [3.05, 3.63) is 89.0 Å². The van der Waals surface area contributed by atoms with Gasteiger partial charge >= 0.3 is 0 Å². The highest BCUT2D eigenvalue weighted by molar-refractivity contribution is 5.65. The van der Waals surface area contributed by atoms with Crippen molar-refractivity contribution in [2.45, 2.75) is 12.8 Å². The van der Waals surface area contributed by atoms with Crippen molar-refractivity contribution in [3.63, 3.8) is 0 Å². The van der Waals surface area contributed by atoms with E-state index in [4.69, 9.17) is 4.74 Å². The van der Waals surface area contributed by atoms with E-state index in [1.165, 1.54) is 25.3 Å². The van der Waals surface area contributed by atoms with Crippen molar-refractivity contribution in [1.29, 1.82) is 0 Å². The minimum absolute atomic E-state index is 0.131. The number of rotatable bonds is 5. The van der Waals surface area contributed by atoms with Crippen molar-refractivity contribution in [3.8, 4) is 16.9 Å². The molecule has 3 aromatic carbocycles. The van der Waals surface area contributed by atoms with Gasteiger partial charge in [-0.3, -0.25) is 0 Å². The molecule has 1 nitrogen and oxygen atoms in total. The number of hydrogen-bond donors (Lipinski definition) is 0. The van der Waals surface area contributed by atoms with Crippen LogP contribution in [0, 0.1) is 23.3 Å². The van der Waals surface area contributed by atoms with E-state index < -0.39 is 23.3 Å². The van der Waals surface area contributed by atoms with Gasteiger partial charge in [0.1, 0.15) is 0 Å². The first kappa shape index (κ1) is 18.0. The Balaban J connectivity index is 1.77. The van der Waals surface area contributed by atoms with E-state index in [1.807, 2.05) is 0 Å². The van der Waals surface area contributed by atoms with E-state index in [0.29, 0.717) is 24.0 Å². The standard InChI is InChI=1S/C21H16F4O/c1-26-18-12-11-16(20(24)21(18)25)14-8-5-13(6-9-14)7-10-15-3-2-4-17(22)19(15)23/h2-6,8-9,11-12H,7,10H2,1H3. The van der Waals surface area contributed by atoms with Crippen LogP contribution in [-0.2, 0) is 12.8 Å². The van der Waals surface area contributed by atoms with Crippen LogP contribution < -0.4 is 4.74 Å². The normalized spacial score (nSPS) is 10.8. The smallest absolute Gasteiger partial charge is 0.201 e. The molecule has 3 rings (SSSR count). The maximum Gasteiger partial charge on any atom is 0.201 e. The van der Waals surface area contributed by atoms with Crippen molar-refractivity contribution in [2.24, 2.45) is 0 Å². The molecular weight excluding hydrogens is 344 g/mol. The summed E-state index contributed by atoms with van der Waals surface area (Å²) in [6, 6.07) is 13.8. The summed E-state index contributed by atoms with van der Waals surface area (Å²) in [5.41, 5.74) is 1.83. The number of methoxy groups -OCH3 is 1. The molecular formula is C21H16F4O. The van der Waals surface area contributed by atoms with Gasteiger partial charge in [-0.15, -0.1) is 0 Å². The maximum absolute atomic E-state index is 14.2. The molecule has 0 aliphatic carbocycles. The minimum atomic E-state index is -1.03. The number of halogens is 4. The monoisotopic (exact) mass is 360 g/mol. The predicted octanol–water partition coefficient (Wildman–Crippen LogP) is 5.70. The lowest BCUT2D eigenvalue weighted by Gasteiger charge is -2.09. The van der Waals surface area contributed by atoms with Crippen LogP contribution >= 0.6 is 0 Å². The van der Waals surface area contributed by atoms with Gasteiger partial charge < -0.3 is 4.74 Å². The second-order valence-corrected chi connectivity index (χ2v) is 5.85. The fraction of sp³-hybridized carbons (Fsp3) is 0.143. The molecule has 0 spiro atoms. The molecule has 0 saturated carbocycles. The van der Waals surface area contributed by atoms with Gasteiger partial charge in [-0.2, -0.15) is 4.39 Å². The molecule has 0 fully saturated rings. The second kappa shape index (κ2) is 7.60. The molecule has 0 heterocycles. The predicted molar refractivity (Wildman–Crippen MR) is 92.1 cm³/mol. The van der Waals surface area contributed by atoms with E-state index in [1.54, 1.807) is 30.3 Å². The van der Waals surface area contributed by atoms with Crippen molar-refractivity contribution in [1.82, 2.24) is 0 Å². The lowest BCUT2D eigenvalue weighted by Crippen LogP contribution is -1.98. The summed E-state index contributed by atoms with van der Waals surface area (Å²) in [6.07, 6.45) is 0.842. The highest BCUT2D eigenvalue weighted by atomic mass is 19.2. The molecule has 3 aromatic rings. The molecule has 0 saturated heterocycles. The van der Waals surface area contributed by atoms with E-state index in [-0.39, 0.29) is 11.3 Å². The van der Waals surface area contributed by atoms with Gasteiger partial charge in [-0.1, -0.05) is 36.4 Å². The fourth-order valence-corrected chi connectivity index (χ4v) is 2.78. The number of hydrogen-bond acceptors (Lipinski definition) is 1. The van der Waals surface area contributed by atoms with Crippen molar-refractivity contribution < 1.29 is 22.3 Å². The molecule has 0 aromatic heterocycles. The second-order valence-electron chi connectivity index (χ2n) is 5.85. The summed E-state index contributed by atoms with van der Waals surface area (Å²) in [7, 11) is 1.27. The lowest BCUT2D eigenvalue weighted by atomic mass is 9.99. The Morgan fingerprint density at radius 3 is 2.15 bits per heavy atom. The highest BCUT2D eigenvalue weighted by Gasteiger charge is 2.15. The van der Waals surface area contributed by atoms with Gasteiger partial charge in [-0.05, 0) is 47.7 Å². The third-order valence-corrected chi connectivity index (χ3v) is 4.25. The molecule has 0 aliphatic rings. The topological polar surface area (TPSA) is 9.23 Å². The molecule has 0 bridgehead atoms. The summed E-state index contributed by atoms with van der Waals surface area (Å²) in [6.45, 7) is 0. The van der Waals surface area contributed by atoms with E-state index in [9.17, 15) is 17.6 Å². The molecule has 0 N–H and O–H groups in total. The first-order valence-corrected chi connectivity index (χ1v) is 8.05. The molecule has 0 atom stereocenters. The molecule has 134 valence electrons. The van der Waals surface area contributed by atoms with Gasteiger partial charge in [0.15, 0.2) is 23.2 Å². The number of aryl methyl sites for hydroxylation is 2. The third kappa shape index (κ3) is 3.57. The Morgan fingerprint density at radius 2 is 1.46 bits per heavy atom. The Morgan fingerprint density at radius 1 is 0.731 bits per heavy atom. The van der Waals surface area contributed by atoms with Crippen molar-refractivity contribution >= 4 is 0 Å². The Kier molecular flexibility index (Phi) is 5.26.